The van der Waals surface area contributed by atoms with Crippen LogP contribution in [-0.2, 0) is 10.0 Å². The van der Waals surface area contributed by atoms with Gasteiger partial charge in [-0.3, -0.25) is 4.98 Å². The Morgan fingerprint density at radius 1 is 0.933 bits per heavy atom. The number of benzene rings is 2. The van der Waals surface area contributed by atoms with Crippen LogP contribution in [0.3, 0.4) is 0 Å². The number of sulfonamides is 1. The Kier molecular flexibility index (Phi) is 7.38. The van der Waals surface area contributed by atoms with Gasteiger partial charge in [0.1, 0.15) is 0 Å². The van der Waals surface area contributed by atoms with E-state index in [0.717, 1.165) is 29.1 Å². The molecule has 6 heteroatoms. The highest BCUT2D eigenvalue weighted by Gasteiger charge is 2.14. The number of rotatable bonds is 9. The maximum atomic E-state index is 12.5. The Morgan fingerprint density at radius 3 is 2.43 bits per heavy atom. The van der Waals surface area contributed by atoms with Gasteiger partial charge in [-0.1, -0.05) is 44.2 Å². The zero-order valence-electron chi connectivity index (χ0n) is 17.2. The smallest absolute Gasteiger partial charge is 0.240 e. The molecule has 156 valence electrons. The predicted octanol–water partition coefficient (Wildman–Crippen LogP) is 5.32. The quantitative estimate of drug-likeness (QED) is 0.490. The fraction of sp³-hybridized carbons (Fsp3) is 0.208. The first-order valence-corrected chi connectivity index (χ1v) is 11.5. The van der Waals surface area contributed by atoms with Crippen LogP contribution in [0.25, 0.3) is 12.2 Å². The van der Waals surface area contributed by atoms with E-state index in [1.807, 2.05) is 60.7 Å². The second-order valence-electron chi connectivity index (χ2n) is 7.44. The number of hydrogen-bond acceptors (Lipinski definition) is 4. The van der Waals surface area contributed by atoms with Crippen LogP contribution < -0.4 is 10.0 Å². The zero-order valence-corrected chi connectivity index (χ0v) is 18.1. The molecular formula is C24H27N3O2S. The summed E-state index contributed by atoms with van der Waals surface area (Å²) in [6.45, 7) is 4.57. The average Bonchev–Trinajstić information content (AvgIpc) is 2.74. The summed E-state index contributed by atoms with van der Waals surface area (Å²) in [6.07, 6.45) is 6.53. The summed E-state index contributed by atoms with van der Waals surface area (Å²) in [5.74, 6) is 0.447. The molecule has 0 spiro atoms. The molecule has 0 aliphatic carbocycles. The summed E-state index contributed by atoms with van der Waals surface area (Å²) in [4.78, 5) is 4.52. The van der Waals surface area contributed by atoms with Crippen molar-refractivity contribution in [2.45, 2.75) is 25.2 Å². The molecule has 0 aliphatic heterocycles. The Balaban J connectivity index is 1.65. The Labute approximate surface area is 178 Å². The van der Waals surface area contributed by atoms with E-state index in [-0.39, 0.29) is 4.90 Å². The molecule has 2 aromatic carbocycles. The zero-order chi connectivity index (χ0) is 21.4. The van der Waals surface area contributed by atoms with Gasteiger partial charge in [0.25, 0.3) is 0 Å². The average molecular weight is 422 g/mol. The van der Waals surface area contributed by atoms with Gasteiger partial charge in [0.15, 0.2) is 0 Å². The van der Waals surface area contributed by atoms with E-state index < -0.39 is 10.0 Å². The largest absolute Gasteiger partial charge is 0.355 e. The molecule has 0 saturated heterocycles. The molecule has 0 atom stereocenters. The van der Waals surface area contributed by atoms with Crippen molar-refractivity contribution < 1.29 is 8.42 Å². The predicted molar refractivity (Wildman–Crippen MR) is 124 cm³/mol. The highest BCUT2D eigenvalue weighted by molar-refractivity contribution is 7.89. The summed E-state index contributed by atoms with van der Waals surface area (Å²) in [7, 11) is -3.52. The summed E-state index contributed by atoms with van der Waals surface area (Å²) in [5, 5.41) is 3.26. The SMILES string of the molecule is CC(C)CCNS(=O)(=O)c1cccc(Nc2ccc(/C=C/c3ccccn3)cc2)c1. The molecule has 3 rings (SSSR count). The monoisotopic (exact) mass is 421 g/mol. The molecule has 0 bridgehead atoms. The second-order valence-corrected chi connectivity index (χ2v) is 9.21. The maximum Gasteiger partial charge on any atom is 0.240 e. The molecule has 5 nitrogen and oxygen atoms in total. The molecule has 3 aromatic rings. The number of nitrogens with zero attached hydrogens (tertiary/aromatic N) is 1. The van der Waals surface area contributed by atoms with Gasteiger partial charge in [-0.25, -0.2) is 13.1 Å². The fourth-order valence-electron chi connectivity index (χ4n) is 2.81. The number of anilines is 2. The molecular weight excluding hydrogens is 394 g/mol. The molecule has 30 heavy (non-hydrogen) atoms. The van der Waals surface area contributed by atoms with Crippen molar-refractivity contribution in [1.29, 1.82) is 0 Å². The van der Waals surface area contributed by atoms with Crippen molar-refractivity contribution in [3.63, 3.8) is 0 Å². The van der Waals surface area contributed by atoms with Crippen molar-refractivity contribution in [3.05, 3.63) is 84.2 Å². The van der Waals surface area contributed by atoms with Crippen LogP contribution in [0.5, 0.6) is 0 Å². The third kappa shape index (κ3) is 6.54. The van der Waals surface area contributed by atoms with Crippen molar-refractivity contribution >= 4 is 33.6 Å². The van der Waals surface area contributed by atoms with E-state index in [1.165, 1.54) is 0 Å². The maximum absolute atomic E-state index is 12.5. The minimum Gasteiger partial charge on any atom is -0.355 e. The molecule has 0 aliphatic rings. The summed E-state index contributed by atoms with van der Waals surface area (Å²) in [5.41, 5.74) is 3.56. The standard InChI is InChI=1S/C24H27N3O2S/c1-19(2)15-17-26-30(28,29)24-8-5-7-23(18-24)27-22-13-10-20(11-14-22)9-12-21-6-3-4-16-25-21/h3-14,16,18-19,26-27H,15,17H2,1-2H3/b12-9+. The summed E-state index contributed by atoms with van der Waals surface area (Å²) < 4.78 is 27.7. The number of nitrogens with one attached hydrogen (secondary N) is 2. The Bertz CT molecular complexity index is 1080. The lowest BCUT2D eigenvalue weighted by Crippen LogP contribution is -2.25. The molecule has 0 radical (unpaired) electrons. The lowest BCUT2D eigenvalue weighted by atomic mass is 10.1. The topological polar surface area (TPSA) is 71.1 Å². The third-order valence-corrected chi connectivity index (χ3v) is 5.95. The second kappa shape index (κ2) is 10.2. The van der Waals surface area contributed by atoms with Crippen molar-refractivity contribution in [1.82, 2.24) is 9.71 Å². The summed E-state index contributed by atoms with van der Waals surface area (Å²) in [6, 6.07) is 20.5. The van der Waals surface area contributed by atoms with E-state index in [1.54, 1.807) is 24.4 Å². The van der Waals surface area contributed by atoms with Gasteiger partial charge in [0, 0.05) is 24.1 Å². The molecule has 1 heterocycles. The lowest BCUT2D eigenvalue weighted by Gasteiger charge is -2.11. The minimum atomic E-state index is -3.52. The van der Waals surface area contributed by atoms with Gasteiger partial charge in [0.2, 0.25) is 10.0 Å². The van der Waals surface area contributed by atoms with Crippen LogP contribution in [0.15, 0.2) is 77.8 Å². The van der Waals surface area contributed by atoms with Gasteiger partial charge in [-0.05, 0) is 66.4 Å². The molecule has 0 amide bonds. The van der Waals surface area contributed by atoms with Crippen molar-refractivity contribution in [2.75, 3.05) is 11.9 Å². The highest BCUT2D eigenvalue weighted by Crippen LogP contribution is 2.21. The normalized spacial score (nSPS) is 11.8. The van der Waals surface area contributed by atoms with Gasteiger partial charge in [-0.2, -0.15) is 0 Å². The molecule has 0 fully saturated rings. The summed E-state index contributed by atoms with van der Waals surface area (Å²) >= 11 is 0. The first-order valence-electron chi connectivity index (χ1n) is 9.98. The lowest BCUT2D eigenvalue weighted by molar-refractivity contribution is 0.551. The van der Waals surface area contributed by atoms with E-state index >= 15 is 0 Å². The minimum absolute atomic E-state index is 0.256. The van der Waals surface area contributed by atoms with E-state index in [2.05, 4.69) is 28.9 Å². The molecule has 0 saturated carbocycles. The van der Waals surface area contributed by atoms with E-state index in [4.69, 9.17) is 0 Å². The number of aromatic nitrogens is 1. The van der Waals surface area contributed by atoms with Crippen molar-refractivity contribution in [3.8, 4) is 0 Å². The molecule has 2 N–H and O–H groups in total. The van der Waals surface area contributed by atoms with E-state index in [0.29, 0.717) is 12.5 Å². The number of pyridine rings is 1. The third-order valence-electron chi connectivity index (χ3n) is 4.49. The number of hydrogen-bond donors (Lipinski definition) is 2. The van der Waals surface area contributed by atoms with Crippen LogP contribution in [0.1, 0.15) is 31.5 Å². The van der Waals surface area contributed by atoms with Gasteiger partial charge >= 0.3 is 0 Å². The molecule has 1 aromatic heterocycles. The van der Waals surface area contributed by atoms with Crippen LogP contribution in [0.4, 0.5) is 11.4 Å². The van der Waals surface area contributed by atoms with Crippen LogP contribution >= 0.6 is 0 Å². The van der Waals surface area contributed by atoms with E-state index in [9.17, 15) is 8.42 Å². The highest BCUT2D eigenvalue weighted by atomic mass is 32.2. The first kappa shape index (κ1) is 21.7. The fourth-order valence-corrected chi connectivity index (χ4v) is 3.90. The van der Waals surface area contributed by atoms with Crippen LogP contribution in [-0.4, -0.2) is 19.9 Å². The first-order chi connectivity index (χ1) is 14.4. The molecule has 0 unspecified atom stereocenters. The van der Waals surface area contributed by atoms with Crippen molar-refractivity contribution in [2.24, 2.45) is 5.92 Å². The van der Waals surface area contributed by atoms with Gasteiger partial charge in [-0.15, -0.1) is 0 Å². The van der Waals surface area contributed by atoms with Crippen LogP contribution in [0.2, 0.25) is 0 Å². The Morgan fingerprint density at radius 2 is 1.73 bits per heavy atom. The van der Waals surface area contributed by atoms with Crippen LogP contribution in [0, 0.1) is 5.92 Å². The Hall–Kier alpha value is -2.96. The van der Waals surface area contributed by atoms with Gasteiger partial charge in [0.05, 0.1) is 10.6 Å². The van der Waals surface area contributed by atoms with Gasteiger partial charge < -0.3 is 5.32 Å².